The van der Waals surface area contributed by atoms with Crippen LogP contribution in [0.4, 0.5) is 10.5 Å². The molecule has 1 aromatic rings. The van der Waals surface area contributed by atoms with Gasteiger partial charge in [0.05, 0.1) is 17.8 Å². The molecule has 0 aliphatic heterocycles. The molecule has 0 aromatic heterocycles. The summed E-state index contributed by atoms with van der Waals surface area (Å²) in [4.78, 5) is 11.2. The molecule has 19 heavy (non-hydrogen) atoms. The lowest BCUT2D eigenvalue weighted by atomic mass is 10.1. The van der Waals surface area contributed by atoms with Gasteiger partial charge in [-0.05, 0) is 17.7 Å². The summed E-state index contributed by atoms with van der Waals surface area (Å²) in [7, 11) is -2.94. The summed E-state index contributed by atoms with van der Waals surface area (Å²) >= 11 is 4.76. The molecular weight excluding hydrogens is 290 g/mol. The molecule has 0 aliphatic rings. The summed E-state index contributed by atoms with van der Waals surface area (Å²) in [5.74, 6) is 0. The van der Waals surface area contributed by atoms with E-state index in [-0.39, 0.29) is 0 Å². The first-order valence-electron chi connectivity index (χ1n) is 5.08. The smallest absolute Gasteiger partial charge is 0.422 e. The van der Waals surface area contributed by atoms with Crippen molar-refractivity contribution in [3.05, 3.63) is 29.8 Å². The number of anilines is 1. The number of methoxy groups -OCH3 is 1. The third-order valence-electron chi connectivity index (χ3n) is 1.99. The van der Waals surface area contributed by atoms with Gasteiger partial charge in [-0.25, -0.2) is 9.52 Å². The van der Waals surface area contributed by atoms with E-state index in [0.717, 1.165) is 12.7 Å². The summed E-state index contributed by atoms with van der Waals surface area (Å²) in [5, 5.41) is 0. The molecule has 0 unspecified atom stereocenters. The Hall–Kier alpha value is -1.87. The van der Waals surface area contributed by atoms with E-state index in [0.29, 0.717) is 17.1 Å². The molecule has 0 fully saturated rings. The first-order chi connectivity index (χ1) is 8.82. The number of hydrogen-bond acceptors (Lipinski definition) is 5. The second-order valence-electron chi connectivity index (χ2n) is 3.54. The van der Waals surface area contributed by atoms with E-state index in [1.165, 1.54) is 12.1 Å². The van der Waals surface area contributed by atoms with E-state index < -0.39 is 16.3 Å². The molecule has 0 spiro atoms. The summed E-state index contributed by atoms with van der Waals surface area (Å²) in [6, 6.07) is 6.42. The number of nitrogens with two attached hydrogens (primary N) is 1. The molecule has 1 rings (SSSR count). The van der Waals surface area contributed by atoms with Crippen molar-refractivity contribution in [3.8, 4) is 0 Å². The van der Waals surface area contributed by atoms with Crippen LogP contribution in [-0.4, -0.2) is 26.6 Å². The van der Waals surface area contributed by atoms with Crippen LogP contribution in [0.2, 0.25) is 0 Å². The summed E-state index contributed by atoms with van der Waals surface area (Å²) < 4.78 is 30.9. The number of nitrogens with one attached hydrogen (secondary N) is 2. The van der Waals surface area contributed by atoms with E-state index in [1.807, 2.05) is 0 Å². The van der Waals surface area contributed by atoms with Gasteiger partial charge >= 0.3 is 16.3 Å². The van der Waals surface area contributed by atoms with Crippen molar-refractivity contribution in [1.29, 1.82) is 0 Å². The highest BCUT2D eigenvalue weighted by Crippen LogP contribution is 2.11. The van der Waals surface area contributed by atoms with Crippen LogP contribution in [0.3, 0.4) is 0 Å². The molecule has 0 saturated heterocycles. The minimum absolute atomic E-state index is 0.295. The van der Waals surface area contributed by atoms with Crippen molar-refractivity contribution >= 4 is 39.2 Å². The molecule has 0 bridgehead atoms. The van der Waals surface area contributed by atoms with Crippen molar-refractivity contribution in [2.45, 2.75) is 6.42 Å². The maximum atomic E-state index is 11.5. The third-order valence-corrected chi connectivity index (χ3v) is 3.07. The zero-order valence-corrected chi connectivity index (χ0v) is 11.7. The Balaban J connectivity index is 2.72. The molecule has 9 heteroatoms. The van der Waals surface area contributed by atoms with Crippen LogP contribution in [-0.2, 0) is 21.4 Å². The molecule has 104 valence electrons. The van der Waals surface area contributed by atoms with Crippen molar-refractivity contribution in [2.24, 2.45) is 5.73 Å². The number of carbonyl (C=O) groups is 1. The van der Waals surface area contributed by atoms with E-state index in [1.54, 1.807) is 16.9 Å². The van der Waals surface area contributed by atoms with E-state index in [9.17, 15) is 13.2 Å². The van der Waals surface area contributed by atoms with Gasteiger partial charge in [0.15, 0.2) is 0 Å². The largest absolute Gasteiger partial charge is 0.452 e. The Labute approximate surface area is 116 Å². The topological polar surface area (TPSA) is 111 Å². The van der Waals surface area contributed by atoms with Crippen LogP contribution < -0.4 is 15.2 Å². The molecular formula is C10H13N3O4S2. The SMILES string of the molecule is COC(=O)NS(=O)(=O)Nc1ccc(CC(N)=S)cc1. The molecule has 0 atom stereocenters. The first-order valence-corrected chi connectivity index (χ1v) is 6.97. The second kappa shape index (κ2) is 6.34. The van der Waals surface area contributed by atoms with Crippen molar-refractivity contribution in [3.63, 3.8) is 0 Å². The van der Waals surface area contributed by atoms with Crippen LogP contribution in [0, 0.1) is 0 Å². The van der Waals surface area contributed by atoms with Crippen molar-refractivity contribution in [2.75, 3.05) is 11.8 Å². The fourth-order valence-electron chi connectivity index (χ4n) is 1.22. The molecule has 0 heterocycles. The lowest BCUT2D eigenvalue weighted by Crippen LogP contribution is -2.35. The fraction of sp³-hybridized carbons (Fsp3) is 0.200. The number of benzene rings is 1. The van der Waals surface area contributed by atoms with E-state index in [4.69, 9.17) is 18.0 Å². The zero-order chi connectivity index (χ0) is 14.5. The Kier molecular flexibility index (Phi) is 5.07. The van der Waals surface area contributed by atoms with Gasteiger partial charge < -0.3 is 10.5 Å². The molecule has 4 N–H and O–H groups in total. The van der Waals surface area contributed by atoms with Gasteiger partial charge in [-0.2, -0.15) is 8.42 Å². The molecule has 0 aliphatic carbocycles. The predicted molar refractivity (Wildman–Crippen MR) is 75.0 cm³/mol. The maximum absolute atomic E-state index is 11.5. The number of rotatable bonds is 5. The summed E-state index contributed by atoms with van der Waals surface area (Å²) in [5.41, 5.74) is 6.55. The van der Waals surface area contributed by atoms with Gasteiger partial charge in [0, 0.05) is 6.42 Å². The standard InChI is InChI=1S/C10H13N3O4S2/c1-17-10(14)13-19(15,16)12-8-4-2-7(3-5-8)6-9(11)18/h2-5,12H,6H2,1H3,(H2,11,18)(H,13,14). The quantitative estimate of drug-likeness (QED) is 0.684. The number of ether oxygens (including phenoxy) is 1. The Morgan fingerprint density at radius 2 is 1.95 bits per heavy atom. The van der Waals surface area contributed by atoms with Gasteiger partial charge in [-0.15, -0.1) is 0 Å². The highest BCUT2D eigenvalue weighted by molar-refractivity contribution is 7.91. The van der Waals surface area contributed by atoms with Crippen LogP contribution >= 0.6 is 12.2 Å². The monoisotopic (exact) mass is 303 g/mol. The van der Waals surface area contributed by atoms with Gasteiger partial charge in [0.1, 0.15) is 0 Å². The minimum atomic E-state index is -4.01. The number of carbonyl (C=O) groups excluding carboxylic acids is 1. The first kappa shape index (κ1) is 15.2. The molecule has 1 amide bonds. The van der Waals surface area contributed by atoms with Crippen LogP contribution in [0.5, 0.6) is 0 Å². The summed E-state index contributed by atoms with van der Waals surface area (Å²) in [6.45, 7) is 0. The molecule has 1 aromatic carbocycles. The third kappa shape index (κ3) is 5.53. The molecule has 0 saturated carbocycles. The van der Waals surface area contributed by atoms with Crippen LogP contribution in [0.1, 0.15) is 5.56 Å². The summed E-state index contributed by atoms with van der Waals surface area (Å²) in [6.07, 6.45) is -0.638. The fourth-order valence-corrected chi connectivity index (χ4v) is 2.19. The van der Waals surface area contributed by atoms with Crippen LogP contribution in [0.25, 0.3) is 0 Å². The van der Waals surface area contributed by atoms with Crippen molar-refractivity contribution in [1.82, 2.24) is 4.72 Å². The number of hydrogen-bond donors (Lipinski definition) is 3. The van der Waals surface area contributed by atoms with Gasteiger partial charge in [-0.3, -0.25) is 4.72 Å². The Morgan fingerprint density at radius 3 is 2.42 bits per heavy atom. The van der Waals surface area contributed by atoms with Crippen LogP contribution in [0.15, 0.2) is 24.3 Å². The highest BCUT2D eigenvalue weighted by atomic mass is 32.2. The van der Waals surface area contributed by atoms with E-state index in [2.05, 4.69) is 9.46 Å². The minimum Gasteiger partial charge on any atom is -0.452 e. The Bertz CT molecular complexity index is 569. The normalized spacial score (nSPS) is 10.6. The molecule has 0 radical (unpaired) electrons. The second-order valence-corrected chi connectivity index (χ2v) is 5.48. The van der Waals surface area contributed by atoms with Crippen molar-refractivity contribution < 1.29 is 17.9 Å². The zero-order valence-electron chi connectivity index (χ0n) is 10.0. The van der Waals surface area contributed by atoms with E-state index >= 15 is 0 Å². The predicted octanol–water partition coefficient (Wildman–Crippen LogP) is 0.528. The highest BCUT2D eigenvalue weighted by Gasteiger charge is 2.14. The Morgan fingerprint density at radius 1 is 1.37 bits per heavy atom. The number of thiocarbonyl (C=S) groups is 1. The lowest BCUT2D eigenvalue weighted by Gasteiger charge is -2.09. The molecule has 7 nitrogen and oxygen atoms in total. The van der Waals surface area contributed by atoms with Gasteiger partial charge in [0.25, 0.3) is 0 Å². The number of amides is 1. The average molecular weight is 303 g/mol. The van der Waals surface area contributed by atoms with Gasteiger partial charge in [0.2, 0.25) is 0 Å². The maximum Gasteiger partial charge on any atom is 0.422 e. The lowest BCUT2D eigenvalue weighted by molar-refractivity contribution is 0.177. The van der Waals surface area contributed by atoms with Gasteiger partial charge in [-0.1, -0.05) is 24.4 Å². The average Bonchev–Trinajstić information content (AvgIpc) is 2.30.